The van der Waals surface area contributed by atoms with Crippen LogP contribution in [0.5, 0.6) is 0 Å². The summed E-state index contributed by atoms with van der Waals surface area (Å²) in [6, 6.07) is 1.60. The fourth-order valence-electron chi connectivity index (χ4n) is 1.53. The molecule has 1 saturated heterocycles. The molecule has 1 fully saturated rings. The van der Waals surface area contributed by atoms with Crippen molar-refractivity contribution in [3.05, 3.63) is 0 Å². The molecule has 1 aliphatic heterocycles. The molecule has 0 aromatic heterocycles. The third kappa shape index (κ3) is 1.41. The van der Waals surface area contributed by atoms with Gasteiger partial charge in [-0.3, -0.25) is 0 Å². The van der Waals surface area contributed by atoms with Gasteiger partial charge in [-0.1, -0.05) is 11.9 Å². The summed E-state index contributed by atoms with van der Waals surface area (Å²) >= 11 is 1.88. The van der Waals surface area contributed by atoms with E-state index in [1.54, 1.807) is 0 Å². The summed E-state index contributed by atoms with van der Waals surface area (Å²) in [6.45, 7) is 4.61. The van der Waals surface area contributed by atoms with Gasteiger partial charge in [0.15, 0.2) is 0 Å². The van der Waals surface area contributed by atoms with E-state index in [0.29, 0.717) is 0 Å². The van der Waals surface area contributed by atoms with Crippen molar-refractivity contribution in [3.63, 3.8) is 0 Å². The highest BCUT2D eigenvalue weighted by molar-refractivity contribution is 7.96. The van der Waals surface area contributed by atoms with Crippen molar-refractivity contribution >= 4 is 11.9 Å². The highest BCUT2D eigenvalue weighted by Gasteiger charge is 2.25. The summed E-state index contributed by atoms with van der Waals surface area (Å²) in [5.41, 5.74) is 0. The average Bonchev–Trinajstić information content (AvgIpc) is 2.12. The molecule has 0 radical (unpaired) electrons. The Bertz CT molecular complexity index is 84.9. The zero-order valence-electron chi connectivity index (χ0n) is 6.42. The van der Waals surface area contributed by atoms with E-state index in [4.69, 9.17) is 0 Å². The van der Waals surface area contributed by atoms with Gasteiger partial charge in [-0.15, -0.1) is 0 Å². The molecule has 2 heteroatoms. The first-order chi connectivity index (χ1) is 4.25. The predicted octanol–water partition coefficient (Wildman–Crippen LogP) is 2.14. The lowest BCUT2D eigenvalue weighted by Crippen LogP contribution is -2.24. The Labute approximate surface area is 61.9 Å². The summed E-state index contributed by atoms with van der Waals surface area (Å²) in [6.07, 6.45) is 4.92. The van der Waals surface area contributed by atoms with Crippen molar-refractivity contribution in [1.82, 2.24) is 4.31 Å². The molecule has 1 nitrogen and oxygen atoms in total. The molecule has 2 unspecified atom stereocenters. The molecule has 0 spiro atoms. The Morgan fingerprint density at radius 1 is 1.22 bits per heavy atom. The van der Waals surface area contributed by atoms with E-state index in [9.17, 15) is 0 Å². The van der Waals surface area contributed by atoms with Crippen LogP contribution >= 0.6 is 11.9 Å². The van der Waals surface area contributed by atoms with Gasteiger partial charge in [-0.25, -0.2) is 4.31 Å². The van der Waals surface area contributed by atoms with Crippen LogP contribution in [0, 0.1) is 0 Å². The van der Waals surface area contributed by atoms with Crippen LogP contribution in [0.2, 0.25) is 0 Å². The fourth-order valence-corrected chi connectivity index (χ4v) is 2.46. The molecular weight excluding hydrogens is 130 g/mol. The van der Waals surface area contributed by atoms with Crippen LogP contribution in [-0.4, -0.2) is 22.6 Å². The highest BCUT2D eigenvalue weighted by Crippen LogP contribution is 2.28. The van der Waals surface area contributed by atoms with Crippen molar-refractivity contribution in [2.75, 3.05) is 6.26 Å². The molecule has 0 aromatic carbocycles. The van der Waals surface area contributed by atoms with E-state index >= 15 is 0 Å². The second-order valence-electron chi connectivity index (χ2n) is 2.82. The third-order valence-electron chi connectivity index (χ3n) is 2.08. The second kappa shape index (κ2) is 2.93. The van der Waals surface area contributed by atoms with Crippen molar-refractivity contribution < 1.29 is 0 Å². The topological polar surface area (TPSA) is 3.24 Å². The minimum absolute atomic E-state index is 0.801. The molecule has 1 aliphatic rings. The maximum absolute atomic E-state index is 2.49. The molecule has 0 saturated carbocycles. The van der Waals surface area contributed by atoms with Gasteiger partial charge in [0.2, 0.25) is 0 Å². The van der Waals surface area contributed by atoms with E-state index in [-0.39, 0.29) is 0 Å². The maximum Gasteiger partial charge on any atom is 0.0177 e. The van der Waals surface area contributed by atoms with Gasteiger partial charge < -0.3 is 0 Å². The van der Waals surface area contributed by atoms with Crippen molar-refractivity contribution in [1.29, 1.82) is 0 Å². The molecular formula is C7H15NS. The Hall–Kier alpha value is 0.310. The van der Waals surface area contributed by atoms with Crippen molar-refractivity contribution in [2.45, 2.75) is 38.8 Å². The first kappa shape index (κ1) is 7.42. The first-order valence-corrected chi connectivity index (χ1v) is 4.76. The molecule has 0 amide bonds. The van der Waals surface area contributed by atoms with Gasteiger partial charge >= 0.3 is 0 Å². The minimum Gasteiger partial charge on any atom is -0.245 e. The standard InChI is InChI=1S/C7H15NS/c1-6-4-5-7(2)8(6)9-3/h6-7H,4-5H2,1-3H3. The van der Waals surface area contributed by atoms with Crippen LogP contribution < -0.4 is 0 Å². The normalized spacial score (nSPS) is 37.7. The van der Waals surface area contributed by atoms with Gasteiger partial charge in [0.25, 0.3) is 0 Å². The Morgan fingerprint density at radius 3 is 1.89 bits per heavy atom. The summed E-state index contributed by atoms with van der Waals surface area (Å²) in [5, 5.41) is 0. The van der Waals surface area contributed by atoms with E-state index in [0.717, 1.165) is 12.1 Å². The first-order valence-electron chi connectivity index (χ1n) is 3.58. The maximum atomic E-state index is 2.49. The summed E-state index contributed by atoms with van der Waals surface area (Å²) < 4.78 is 2.49. The molecule has 0 bridgehead atoms. The van der Waals surface area contributed by atoms with E-state index in [1.165, 1.54) is 12.8 Å². The SMILES string of the molecule is CSN1C(C)CCC1C. The fraction of sp³-hybridized carbons (Fsp3) is 1.00. The van der Waals surface area contributed by atoms with Crippen LogP contribution in [-0.2, 0) is 0 Å². The van der Waals surface area contributed by atoms with E-state index in [1.807, 2.05) is 11.9 Å². The lowest BCUT2D eigenvalue weighted by atomic mass is 10.2. The smallest absolute Gasteiger partial charge is 0.0177 e. The van der Waals surface area contributed by atoms with Gasteiger partial charge in [0, 0.05) is 12.1 Å². The molecule has 1 heterocycles. The van der Waals surface area contributed by atoms with Crippen molar-refractivity contribution in [3.8, 4) is 0 Å². The third-order valence-corrected chi connectivity index (χ3v) is 3.22. The molecule has 0 N–H and O–H groups in total. The van der Waals surface area contributed by atoms with Crippen LogP contribution in [0.4, 0.5) is 0 Å². The molecule has 1 rings (SSSR count). The molecule has 54 valence electrons. The predicted molar refractivity (Wildman–Crippen MR) is 43.5 cm³/mol. The van der Waals surface area contributed by atoms with Crippen LogP contribution in [0.1, 0.15) is 26.7 Å². The molecule has 0 aliphatic carbocycles. The Balaban J connectivity index is 2.44. The van der Waals surface area contributed by atoms with E-state index in [2.05, 4.69) is 24.4 Å². The molecule has 9 heavy (non-hydrogen) atoms. The number of rotatable bonds is 1. The summed E-state index contributed by atoms with van der Waals surface area (Å²) in [5.74, 6) is 0. The molecule has 0 aromatic rings. The van der Waals surface area contributed by atoms with Crippen LogP contribution in [0.15, 0.2) is 0 Å². The largest absolute Gasteiger partial charge is 0.245 e. The van der Waals surface area contributed by atoms with Crippen LogP contribution in [0.3, 0.4) is 0 Å². The highest BCUT2D eigenvalue weighted by atomic mass is 32.2. The number of nitrogens with zero attached hydrogens (tertiary/aromatic N) is 1. The monoisotopic (exact) mass is 145 g/mol. The van der Waals surface area contributed by atoms with Gasteiger partial charge in [0.1, 0.15) is 0 Å². The van der Waals surface area contributed by atoms with Gasteiger partial charge in [-0.2, -0.15) is 0 Å². The Morgan fingerprint density at radius 2 is 1.67 bits per heavy atom. The second-order valence-corrected chi connectivity index (χ2v) is 3.60. The van der Waals surface area contributed by atoms with Crippen LogP contribution in [0.25, 0.3) is 0 Å². The number of hydrogen-bond acceptors (Lipinski definition) is 2. The lowest BCUT2D eigenvalue weighted by Gasteiger charge is -2.21. The van der Waals surface area contributed by atoms with Crippen molar-refractivity contribution in [2.24, 2.45) is 0 Å². The van der Waals surface area contributed by atoms with E-state index < -0.39 is 0 Å². The quantitative estimate of drug-likeness (QED) is 0.520. The summed E-state index contributed by atoms with van der Waals surface area (Å²) in [4.78, 5) is 0. The summed E-state index contributed by atoms with van der Waals surface area (Å²) in [7, 11) is 0. The Kier molecular flexibility index (Phi) is 2.42. The zero-order chi connectivity index (χ0) is 6.85. The average molecular weight is 145 g/mol. The van der Waals surface area contributed by atoms with Gasteiger partial charge in [-0.05, 0) is 32.9 Å². The lowest BCUT2D eigenvalue weighted by molar-refractivity contribution is 0.395. The zero-order valence-corrected chi connectivity index (χ0v) is 7.24. The number of hydrogen-bond donors (Lipinski definition) is 0. The molecule has 2 atom stereocenters. The van der Waals surface area contributed by atoms with Gasteiger partial charge in [0.05, 0.1) is 0 Å². The minimum atomic E-state index is 0.801.